The Morgan fingerprint density at radius 2 is 1.86 bits per heavy atom. The van der Waals surface area contributed by atoms with Gasteiger partial charge >= 0.3 is 18.0 Å². The van der Waals surface area contributed by atoms with E-state index in [4.69, 9.17) is 9.47 Å². The third-order valence-electron chi connectivity index (χ3n) is 2.66. The average Bonchev–Trinajstić information content (AvgIpc) is 2.35. The molecule has 1 unspecified atom stereocenters. The van der Waals surface area contributed by atoms with Crippen LogP contribution in [0.1, 0.15) is 47.0 Å². The van der Waals surface area contributed by atoms with Crippen molar-refractivity contribution < 1.29 is 29.0 Å². The second kappa shape index (κ2) is 8.41. The van der Waals surface area contributed by atoms with E-state index < -0.39 is 29.2 Å². The predicted octanol–water partition coefficient (Wildman–Crippen LogP) is 2.25. The summed E-state index contributed by atoms with van der Waals surface area (Å²) in [5.74, 6) is -2.50. The summed E-state index contributed by atoms with van der Waals surface area (Å²) in [4.78, 5) is 35.6. The smallest absolute Gasteiger partial charge is 0.409 e. The summed E-state index contributed by atoms with van der Waals surface area (Å²) < 4.78 is 9.85. The van der Waals surface area contributed by atoms with Gasteiger partial charge in [-0.1, -0.05) is 6.08 Å². The van der Waals surface area contributed by atoms with E-state index in [-0.39, 0.29) is 13.0 Å². The molecule has 0 aliphatic heterocycles. The molecule has 22 heavy (non-hydrogen) atoms. The van der Waals surface area contributed by atoms with Crippen LogP contribution >= 0.6 is 0 Å². The first kappa shape index (κ1) is 19.9. The highest BCUT2D eigenvalue weighted by Crippen LogP contribution is 2.19. The molecule has 0 bridgehead atoms. The van der Waals surface area contributed by atoms with Gasteiger partial charge in [0.2, 0.25) is 5.54 Å². The third-order valence-corrected chi connectivity index (χ3v) is 2.66. The number of amides is 1. The van der Waals surface area contributed by atoms with Gasteiger partial charge in [-0.15, -0.1) is 6.58 Å². The summed E-state index contributed by atoms with van der Waals surface area (Å²) >= 11 is 0. The van der Waals surface area contributed by atoms with E-state index in [0.717, 1.165) is 0 Å². The van der Waals surface area contributed by atoms with Crippen LogP contribution in [0.2, 0.25) is 0 Å². The minimum atomic E-state index is -2.17. The molecular weight excluding hydrogens is 290 g/mol. The first-order valence-electron chi connectivity index (χ1n) is 7.11. The molecule has 0 radical (unpaired) electrons. The van der Waals surface area contributed by atoms with Crippen molar-refractivity contribution in [3.8, 4) is 0 Å². The Morgan fingerprint density at radius 3 is 2.27 bits per heavy atom. The molecule has 126 valence electrons. The molecule has 1 amide bonds. The molecular formula is C15H25NO6. The highest BCUT2D eigenvalue weighted by Gasteiger charge is 2.49. The zero-order valence-electron chi connectivity index (χ0n) is 13.6. The van der Waals surface area contributed by atoms with Crippen molar-refractivity contribution in [2.75, 3.05) is 6.61 Å². The Bertz CT molecular complexity index is 426. The maximum atomic E-state index is 12.1. The van der Waals surface area contributed by atoms with E-state index in [0.29, 0.717) is 12.8 Å². The molecule has 1 atom stereocenters. The number of carbonyl (C=O) groups is 3. The van der Waals surface area contributed by atoms with Crippen LogP contribution in [-0.4, -0.2) is 40.9 Å². The monoisotopic (exact) mass is 315 g/mol. The van der Waals surface area contributed by atoms with Gasteiger partial charge in [-0.25, -0.2) is 14.4 Å². The second-order valence-corrected chi connectivity index (χ2v) is 5.74. The molecule has 7 nitrogen and oxygen atoms in total. The Labute approximate surface area is 130 Å². The highest BCUT2D eigenvalue weighted by atomic mass is 16.6. The molecule has 0 saturated heterocycles. The number of hydrogen-bond acceptors (Lipinski definition) is 5. The second-order valence-electron chi connectivity index (χ2n) is 5.74. The zero-order chi connectivity index (χ0) is 17.4. The molecule has 0 fully saturated rings. The fraction of sp³-hybridized carbons (Fsp3) is 0.667. The molecule has 0 aromatic rings. The molecule has 7 heteroatoms. The summed E-state index contributed by atoms with van der Waals surface area (Å²) in [5.41, 5.74) is -2.98. The maximum absolute atomic E-state index is 12.1. The van der Waals surface area contributed by atoms with Crippen LogP contribution in [0.5, 0.6) is 0 Å². The first-order valence-corrected chi connectivity index (χ1v) is 7.11. The molecule has 0 spiro atoms. The van der Waals surface area contributed by atoms with Gasteiger partial charge in [0.05, 0.1) is 6.61 Å². The molecule has 2 N–H and O–H groups in total. The number of esters is 1. The van der Waals surface area contributed by atoms with Gasteiger partial charge in [-0.05, 0) is 47.0 Å². The van der Waals surface area contributed by atoms with Crippen LogP contribution in [0.4, 0.5) is 4.79 Å². The Kier molecular flexibility index (Phi) is 7.62. The standard InChI is InChI=1S/C15H25NO6/c1-6-8-9-10-15(11(17)18,12(19)21-7-2)16-13(20)22-14(3,4)5/h6H,1,7-10H2,2-5H3,(H,16,20)(H,17,18). The van der Waals surface area contributed by atoms with Gasteiger partial charge in [0.25, 0.3) is 0 Å². The van der Waals surface area contributed by atoms with E-state index in [2.05, 4.69) is 11.9 Å². The fourth-order valence-corrected chi connectivity index (χ4v) is 1.71. The SMILES string of the molecule is C=CCCCC(NC(=O)OC(C)(C)C)(C(=O)O)C(=O)OCC. The number of aliphatic carboxylic acids is 1. The Hall–Kier alpha value is -2.05. The number of alkyl carbamates (subject to hydrolysis) is 1. The van der Waals surface area contributed by atoms with Crippen molar-refractivity contribution in [3.05, 3.63) is 12.7 Å². The summed E-state index contributed by atoms with van der Waals surface area (Å²) in [7, 11) is 0. The lowest BCUT2D eigenvalue weighted by Gasteiger charge is -2.29. The fourth-order valence-electron chi connectivity index (χ4n) is 1.71. The van der Waals surface area contributed by atoms with Crippen LogP contribution in [0.15, 0.2) is 12.7 Å². The van der Waals surface area contributed by atoms with Gasteiger partial charge in [-0.3, -0.25) is 5.32 Å². The lowest BCUT2D eigenvalue weighted by Crippen LogP contribution is -2.61. The van der Waals surface area contributed by atoms with Gasteiger partial charge in [0, 0.05) is 0 Å². The van der Waals surface area contributed by atoms with Gasteiger partial charge in [0.15, 0.2) is 0 Å². The molecule has 0 aliphatic rings. The Morgan fingerprint density at radius 1 is 1.27 bits per heavy atom. The van der Waals surface area contributed by atoms with E-state index in [1.54, 1.807) is 33.8 Å². The van der Waals surface area contributed by atoms with Crippen LogP contribution < -0.4 is 5.32 Å². The molecule has 0 aliphatic carbocycles. The number of allylic oxidation sites excluding steroid dienone is 1. The lowest BCUT2D eigenvalue weighted by molar-refractivity contribution is -0.163. The van der Waals surface area contributed by atoms with Gasteiger partial charge < -0.3 is 14.6 Å². The molecule has 0 aromatic carbocycles. The van der Waals surface area contributed by atoms with E-state index in [1.165, 1.54) is 0 Å². The van der Waals surface area contributed by atoms with Crippen LogP contribution in [0.25, 0.3) is 0 Å². The summed E-state index contributed by atoms with van der Waals surface area (Å²) in [6.07, 6.45) is 1.36. The lowest BCUT2D eigenvalue weighted by atomic mass is 9.92. The van der Waals surface area contributed by atoms with Crippen molar-refractivity contribution in [2.24, 2.45) is 0 Å². The zero-order valence-corrected chi connectivity index (χ0v) is 13.6. The van der Waals surface area contributed by atoms with Crippen molar-refractivity contribution in [3.63, 3.8) is 0 Å². The number of carbonyl (C=O) groups excluding carboxylic acids is 2. The van der Waals surface area contributed by atoms with Crippen LogP contribution in [0, 0.1) is 0 Å². The number of unbranched alkanes of at least 4 members (excludes halogenated alkanes) is 1. The minimum absolute atomic E-state index is 0.00528. The number of carboxylic acid groups (broad SMARTS) is 1. The quantitative estimate of drug-likeness (QED) is 0.308. The van der Waals surface area contributed by atoms with E-state index >= 15 is 0 Å². The van der Waals surface area contributed by atoms with Crippen molar-refractivity contribution in [1.82, 2.24) is 5.32 Å². The minimum Gasteiger partial charge on any atom is -0.479 e. The van der Waals surface area contributed by atoms with E-state index in [9.17, 15) is 19.5 Å². The van der Waals surface area contributed by atoms with Crippen LogP contribution in [0.3, 0.4) is 0 Å². The number of nitrogens with one attached hydrogen (secondary N) is 1. The summed E-state index contributed by atoms with van der Waals surface area (Å²) in [6.45, 7) is 10.0. The van der Waals surface area contributed by atoms with Crippen molar-refractivity contribution >= 4 is 18.0 Å². The molecule has 0 rings (SSSR count). The highest BCUT2D eigenvalue weighted by molar-refractivity contribution is 6.06. The predicted molar refractivity (Wildman–Crippen MR) is 80.4 cm³/mol. The number of carboxylic acids is 1. The number of hydrogen-bond donors (Lipinski definition) is 2. The average molecular weight is 315 g/mol. The molecule has 0 heterocycles. The van der Waals surface area contributed by atoms with Crippen molar-refractivity contribution in [1.29, 1.82) is 0 Å². The molecule has 0 aromatic heterocycles. The number of rotatable bonds is 8. The van der Waals surface area contributed by atoms with E-state index in [1.807, 2.05) is 0 Å². The third kappa shape index (κ3) is 6.15. The Balaban J connectivity index is 5.34. The molecule has 0 saturated carbocycles. The largest absolute Gasteiger partial charge is 0.479 e. The van der Waals surface area contributed by atoms with Crippen molar-refractivity contribution in [2.45, 2.75) is 58.1 Å². The summed E-state index contributed by atoms with van der Waals surface area (Å²) in [5, 5.41) is 11.6. The number of ether oxygens (including phenoxy) is 2. The van der Waals surface area contributed by atoms with Gasteiger partial charge in [0.1, 0.15) is 5.60 Å². The first-order chi connectivity index (χ1) is 10.1. The van der Waals surface area contributed by atoms with Crippen LogP contribution in [-0.2, 0) is 19.1 Å². The topological polar surface area (TPSA) is 102 Å². The normalized spacial score (nSPS) is 13.6. The summed E-state index contributed by atoms with van der Waals surface area (Å²) in [6, 6.07) is 0. The maximum Gasteiger partial charge on any atom is 0.409 e. The van der Waals surface area contributed by atoms with Gasteiger partial charge in [-0.2, -0.15) is 0 Å².